The van der Waals surface area contributed by atoms with E-state index >= 15 is 0 Å². The molecule has 0 atom stereocenters. The second-order valence-corrected chi connectivity index (χ2v) is 7.03. The number of fused-ring (bicyclic) bond motifs is 1. The van der Waals surface area contributed by atoms with E-state index in [2.05, 4.69) is 45.9 Å². The SMILES string of the molecule is NC(=O)N(O)Cc1ccc(Cn2c(Cc3cccnc3)cc3ccccc32)cc1. The number of carbonyl (C=O) groups excluding carboxylic acids is 1. The highest BCUT2D eigenvalue weighted by molar-refractivity contribution is 5.81. The maximum atomic E-state index is 11.0. The molecule has 6 heteroatoms. The summed E-state index contributed by atoms with van der Waals surface area (Å²) >= 11 is 0. The molecule has 2 heterocycles. The maximum Gasteiger partial charge on any atom is 0.338 e. The van der Waals surface area contributed by atoms with Gasteiger partial charge in [-0.2, -0.15) is 0 Å². The van der Waals surface area contributed by atoms with Crippen molar-refractivity contribution >= 4 is 16.9 Å². The first-order valence-electron chi connectivity index (χ1n) is 9.40. The average Bonchev–Trinajstić information content (AvgIpc) is 3.07. The third-order valence-electron chi connectivity index (χ3n) is 4.95. The topological polar surface area (TPSA) is 84.4 Å². The van der Waals surface area contributed by atoms with Gasteiger partial charge >= 0.3 is 6.03 Å². The van der Waals surface area contributed by atoms with Crippen molar-refractivity contribution < 1.29 is 10.0 Å². The molecular weight excluding hydrogens is 364 g/mol. The van der Waals surface area contributed by atoms with E-state index in [-0.39, 0.29) is 6.54 Å². The monoisotopic (exact) mass is 386 g/mol. The standard InChI is InChI=1S/C23H22N4O2/c24-23(28)27(29)16-18-9-7-17(8-10-18)15-26-21(12-19-4-3-11-25-14-19)13-20-5-1-2-6-22(20)26/h1-11,13-14,29H,12,15-16H2,(H2,24,28). The van der Waals surface area contributed by atoms with E-state index in [9.17, 15) is 10.0 Å². The van der Waals surface area contributed by atoms with Crippen LogP contribution in [0.5, 0.6) is 0 Å². The van der Waals surface area contributed by atoms with Crippen molar-refractivity contribution in [3.63, 3.8) is 0 Å². The lowest BCUT2D eigenvalue weighted by Crippen LogP contribution is -2.31. The van der Waals surface area contributed by atoms with Crippen molar-refractivity contribution in [1.29, 1.82) is 0 Å². The Balaban J connectivity index is 1.61. The van der Waals surface area contributed by atoms with Crippen LogP contribution >= 0.6 is 0 Å². The summed E-state index contributed by atoms with van der Waals surface area (Å²) < 4.78 is 2.32. The van der Waals surface area contributed by atoms with Crippen LogP contribution < -0.4 is 5.73 Å². The molecule has 4 rings (SSSR count). The largest absolute Gasteiger partial charge is 0.350 e. The number of hydroxylamine groups is 2. The predicted molar refractivity (Wildman–Crippen MR) is 111 cm³/mol. The number of primary amides is 1. The number of amides is 2. The normalized spacial score (nSPS) is 10.9. The molecule has 0 aliphatic carbocycles. The Morgan fingerprint density at radius 3 is 2.48 bits per heavy atom. The fourth-order valence-electron chi connectivity index (χ4n) is 3.50. The zero-order valence-corrected chi connectivity index (χ0v) is 15.9. The first-order valence-corrected chi connectivity index (χ1v) is 9.40. The molecule has 2 aromatic heterocycles. The van der Waals surface area contributed by atoms with Crippen molar-refractivity contribution in [2.24, 2.45) is 5.73 Å². The van der Waals surface area contributed by atoms with Crippen molar-refractivity contribution in [2.75, 3.05) is 0 Å². The lowest BCUT2D eigenvalue weighted by atomic mass is 10.1. The molecule has 0 radical (unpaired) electrons. The van der Waals surface area contributed by atoms with Crippen molar-refractivity contribution in [3.05, 3.63) is 102 Å². The minimum atomic E-state index is -0.868. The number of urea groups is 1. The lowest BCUT2D eigenvalue weighted by Gasteiger charge is -2.14. The van der Waals surface area contributed by atoms with Crippen LogP contribution in [0.25, 0.3) is 10.9 Å². The summed E-state index contributed by atoms with van der Waals surface area (Å²) in [4.78, 5) is 15.2. The zero-order valence-electron chi connectivity index (χ0n) is 15.9. The first kappa shape index (κ1) is 18.7. The number of hydrogen-bond acceptors (Lipinski definition) is 3. The summed E-state index contributed by atoms with van der Waals surface area (Å²) in [5.41, 5.74) is 10.6. The number of pyridine rings is 1. The molecule has 0 saturated carbocycles. The molecule has 2 amide bonds. The van der Waals surface area contributed by atoms with Crippen LogP contribution in [0.1, 0.15) is 22.4 Å². The number of hydrogen-bond donors (Lipinski definition) is 2. The van der Waals surface area contributed by atoms with E-state index in [0.29, 0.717) is 5.06 Å². The summed E-state index contributed by atoms with van der Waals surface area (Å²) in [5.74, 6) is 0. The molecule has 0 spiro atoms. The molecule has 6 nitrogen and oxygen atoms in total. The molecule has 4 aromatic rings. The quantitative estimate of drug-likeness (QED) is 0.389. The second-order valence-electron chi connectivity index (χ2n) is 7.03. The van der Waals surface area contributed by atoms with Gasteiger partial charge in [0.15, 0.2) is 0 Å². The number of para-hydroxylation sites is 1. The molecule has 0 aliphatic rings. The van der Waals surface area contributed by atoms with Gasteiger partial charge in [-0.1, -0.05) is 48.5 Å². The van der Waals surface area contributed by atoms with Gasteiger partial charge in [0, 0.05) is 36.6 Å². The maximum absolute atomic E-state index is 11.0. The van der Waals surface area contributed by atoms with Crippen LogP contribution in [0.3, 0.4) is 0 Å². The molecule has 146 valence electrons. The first-order chi connectivity index (χ1) is 14.1. The number of nitrogens with two attached hydrogens (primary N) is 1. The average molecular weight is 386 g/mol. The molecule has 0 fully saturated rings. The van der Waals surface area contributed by atoms with E-state index in [1.165, 1.54) is 22.2 Å². The molecule has 0 aliphatic heterocycles. The summed E-state index contributed by atoms with van der Waals surface area (Å²) in [6.07, 6.45) is 4.49. The number of aromatic nitrogens is 2. The highest BCUT2D eigenvalue weighted by Crippen LogP contribution is 2.23. The van der Waals surface area contributed by atoms with Crippen LogP contribution in [-0.2, 0) is 19.5 Å². The van der Waals surface area contributed by atoms with Crippen LogP contribution in [0.4, 0.5) is 4.79 Å². The summed E-state index contributed by atoms with van der Waals surface area (Å²) in [5, 5.41) is 11.2. The van der Waals surface area contributed by atoms with E-state index in [1.807, 2.05) is 36.5 Å². The smallest absolute Gasteiger partial charge is 0.338 e. The van der Waals surface area contributed by atoms with Gasteiger partial charge in [0.1, 0.15) is 0 Å². The van der Waals surface area contributed by atoms with E-state index in [4.69, 9.17) is 5.73 Å². The van der Waals surface area contributed by atoms with Gasteiger partial charge in [-0.3, -0.25) is 10.2 Å². The van der Waals surface area contributed by atoms with Crippen LogP contribution in [0.2, 0.25) is 0 Å². The highest BCUT2D eigenvalue weighted by atomic mass is 16.5. The lowest BCUT2D eigenvalue weighted by molar-refractivity contribution is -0.0470. The second kappa shape index (κ2) is 8.16. The Hall–Kier alpha value is -3.64. The number of benzene rings is 2. The van der Waals surface area contributed by atoms with Crippen molar-refractivity contribution in [1.82, 2.24) is 14.6 Å². The van der Waals surface area contributed by atoms with Gasteiger partial charge in [-0.25, -0.2) is 9.86 Å². The molecule has 29 heavy (non-hydrogen) atoms. The Morgan fingerprint density at radius 2 is 1.76 bits per heavy atom. The Bertz CT molecular complexity index is 1120. The van der Waals surface area contributed by atoms with Crippen LogP contribution in [0.15, 0.2) is 79.1 Å². The molecule has 0 bridgehead atoms. The Kier molecular flexibility index (Phi) is 5.27. The van der Waals surface area contributed by atoms with E-state index < -0.39 is 6.03 Å². The van der Waals surface area contributed by atoms with Crippen LogP contribution in [0, 0.1) is 0 Å². The number of nitrogens with zero attached hydrogens (tertiary/aromatic N) is 3. The van der Waals surface area contributed by atoms with Gasteiger partial charge < -0.3 is 10.3 Å². The van der Waals surface area contributed by atoms with E-state index in [1.54, 1.807) is 6.20 Å². The van der Waals surface area contributed by atoms with Crippen molar-refractivity contribution in [2.45, 2.75) is 19.5 Å². The highest BCUT2D eigenvalue weighted by Gasteiger charge is 2.11. The number of rotatable bonds is 6. The van der Waals surface area contributed by atoms with Gasteiger partial charge in [-0.15, -0.1) is 0 Å². The Morgan fingerprint density at radius 1 is 1.00 bits per heavy atom. The molecule has 3 N–H and O–H groups in total. The summed E-state index contributed by atoms with van der Waals surface area (Å²) in [6.45, 7) is 0.788. The fraction of sp³-hybridized carbons (Fsp3) is 0.130. The molecule has 2 aromatic carbocycles. The van der Waals surface area contributed by atoms with Gasteiger partial charge in [0.25, 0.3) is 0 Å². The third-order valence-corrected chi connectivity index (χ3v) is 4.95. The van der Waals surface area contributed by atoms with Crippen LogP contribution in [-0.4, -0.2) is 25.9 Å². The Labute approximate surface area is 168 Å². The zero-order chi connectivity index (χ0) is 20.2. The van der Waals surface area contributed by atoms with E-state index in [0.717, 1.165) is 24.1 Å². The van der Waals surface area contributed by atoms with Gasteiger partial charge in [0.2, 0.25) is 0 Å². The fourth-order valence-corrected chi connectivity index (χ4v) is 3.50. The number of carbonyl (C=O) groups is 1. The third kappa shape index (κ3) is 4.28. The minimum Gasteiger partial charge on any atom is -0.350 e. The molecule has 0 saturated heterocycles. The van der Waals surface area contributed by atoms with Gasteiger partial charge in [0.05, 0.1) is 6.54 Å². The van der Waals surface area contributed by atoms with Crippen molar-refractivity contribution in [3.8, 4) is 0 Å². The minimum absolute atomic E-state index is 0.0638. The summed E-state index contributed by atoms with van der Waals surface area (Å²) in [7, 11) is 0. The molecule has 0 unspecified atom stereocenters. The predicted octanol–water partition coefficient (Wildman–Crippen LogP) is 3.95. The van der Waals surface area contributed by atoms with Gasteiger partial charge in [-0.05, 0) is 40.3 Å². The summed E-state index contributed by atoms with van der Waals surface area (Å²) in [6, 6.07) is 21.6. The molecular formula is C23H22N4O2.